The van der Waals surface area contributed by atoms with Crippen LogP contribution in [-0.2, 0) is 46.9 Å². The van der Waals surface area contributed by atoms with Crippen LogP contribution in [0.5, 0.6) is 17.2 Å². The van der Waals surface area contributed by atoms with E-state index in [0.29, 0.717) is 57.2 Å². The standard InChI is InChI=1S/C49H40Cl2N4O7/c1-60-44-5-3-2-4-35(44)26-55-27-37-24-45-41(53-48(57)46(62-45)34-15-17-38(18-16-34)61-28-31-10-19-39(50)40(51)20-31)22-36(37)23-43(55)47(56)54-42(49(58)59)21-29-6-11-32(12-7-29)33-13-8-30(25-52)9-14-33/h2-20,22,24,42-43,46H,21,23,26-28H2,1H3,(H,53,57)(H,54,56)(H,58,59)/t42-,43-,46?/m0/s1. The van der Waals surface area contributed by atoms with Crippen LogP contribution in [0.2, 0.25) is 10.0 Å². The quantitative estimate of drug-likeness (QED) is 0.103. The lowest BCUT2D eigenvalue weighted by Gasteiger charge is -2.38. The van der Waals surface area contributed by atoms with Gasteiger partial charge in [-0.1, -0.05) is 96.0 Å². The minimum Gasteiger partial charge on any atom is -0.496 e. The molecular formula is C49H40Cl2N4O7. The molecule has 1 unspecified atom stereocenters. The van der Waals surface area contributed by atoms with E-state index in [4.69, 9.17) is 42.7 Å². The average molecular weight is 868 g/mol. The SMILES string of the molecule is COc1ccccc1CN1Cc2cc3c(cc2C[C@H]1C(=O)N[C@@H](Cc1ccc(-c2ccc(C#N)cc2)cc1)C(=O)O)NC(=O)C(c1ccc(OCc2ccc(Cl)c(Cl)c2)cc1)O3. The molecule has 3 atom stereocenters. The molecule has 312 valence electrons. The maximum absolute atomic E-state index is 14.3. The second-order valence-electron chi connectivity index (χ2n) is 15.1. The normalized spacial score (nSPS) is 16.1. The van der Waals surface area contributed by atoms with Crippen LogP contribution in [0.1, 0.15) is 45.0 Å². The van der Waals surface area contributed by atoms with Gasteiger partial charge in [0.05, 0.1) is 40.5 Å². The van der Waals surface area contributed by atoms with E-state index in [0.717, 1.165) is 38.9 Å². The molecule has 0 bridgehead atoms. The summed E-state index contributed by atoms with van der Waals surface area (Å²) in [7, 11) is 1.59. The van der Waals surface area contributed by atoms with Crippen LogP contribution < -0.4 is 24.8 Å². The van der Waals surface area contributed by atoms with Gasteiger partial charge in [0, 0.05) is 30.6 Å². The molecule has 62 heavy (non-hydrogen) atoms. The van der Waals surface area contributed by atoms with Crippen LogP contribution >= 0.6 is 23.2 Å². The highest BCUT2D eigenvalue weighted by Crippen LogP contribution is 2.40. The van der Waals surface area contributed by atoms with Crippen molar-refractivity contribution < 1.29 is 33.7 Å². The number of ether oxygens (including phenoxy) is 3. The molecule has 0 radical (unpaired) electrons. The lowest BCUT2D eigenvalue weighted by atomic mass is 9.91. The third kappa shape index (κ3) is 9.38. The van der Waals surface area contributed by atoms with E-state index in [1.54, 1.807) is 55.6 Å². The number of carboxylic acids is 1. The van der Waals surface area contributed by atoms with Crippen LogP contribution in [-0.4, -0.2) is 47.0 Å². The predicted molar refractivity (Wildman–Crippen MR) is 235 cm³/mol. The first-order chi connectivity index (χ1) is 30.0. The van der Waals surface area contributed by atoms with Crippen molar-refractivity contribution in [2.24, 2.45) is 0 Å². The highest BCUT2D eigenvalue weighted by Gasteiger charge is 2.37. The zero-order valence-electron chi connectivity index (χ0n) is 33.4. The number of carbonyl (C=O) groups excluding carboxylic acids is 2. The van der Waals surface area contributed by atoms with E-state index >= 15 is 0 Å². The largest absolute Gasteiger partial charge is 0.496 e. The van der Waals surface area contributed by atoms with Gasteiger partial charge >= 0.3 is 5.97 Å². The number of rotatable bonds is 13. The molecule has 0 saturated heterocycles. The Morgan fingerprint density at radius 1 is 0.903 bits per heavy atom. The molecule has 13 heteroatoms. The summed E-state index contributed by atoms with van der Waals surface area (Å²) in [5, 5.41) is 26.2. The Hall–Kier alpha value is -6.84. The topological polar surface area (TPSA) is 150 Å². The number of hydrogen-bond donors (Lipinski definition) is 3. The Morgan fingerprint density at radius 3 is 2.31 bits per heavy atom. The van der Waals surface area contributed by atoms with Gasteiger partial charge in [-0.05, 0) is 94.4 Å². The van der Waals surface area contributed by atoms with Crippen LogP contribution in [0.4, 0.5) is 5.69 Å². The molecule has 0 aromatic heterocycles. The molecule has 2 heterocycles. The first-order valence-corrected chi connectivity index (χ1v) is 20.6. The number of halogens is 2. The maximum atomic E-state index is 14.3. The fourth-order valence-corrected chi connectivity index (χ4v) is 8.07. The van der Waals surface area contributed by atoms with E-state index in [9.17, 15) is 19.5 Å². The summed E-state index contributed by atoms with van der Waals surface area (Å²) in [5.74, 6) is -0.187. The Labute approximate surface area is 368 Å². The molecule has 6 aromatic carbocycles. The number of fused-ring (bicyclic) bond motifs is 2. The average Bonchev–Trinajstić information content (AvgIpc) is 3.28. The summed E-state index contributed by atoms with van der Waals surface area (Å²) in [6.45, 7) is 0.955. The van der Waals surface area contributed by atoms with Crippen molar-refractivity contribution >= 4 is 46.7 Å². The summed E-state index contributed by atoms with van der Waals surface area (Å²) >= 11 is 12.2. The molecule has 3 N–H and O–H groups in total. The summed E-state index contributed by atoms with van der Waals surface area (Å²) < 4.78 is 17.9. The number of hydrogen-bond acceptors (Lipinski definition) is 8. The van der Waals surface area contributed by atoms with Crippen LogP contribution in [0, 0.1) is 11.3 Å². The van der Waals surface area contributed by atoms with E-state index in [-0.39, 0.29) is 25.4 Å². The third-order valence-electron chi connectivity index (χ3n) is 11.1. The highest BCUT2D eigenvalue weighted by atomic mass is 35.5. The van der Waals surface area contributed by atoms with Gasteiger partial charge in [-0.15, -0.1) is 0 Å². The first kappa shape index (κ1) is 41.9. The van der Waals surface area contributed by atoms with E-state index in [1.165, 1.54) is 0 Å². The molecule has 2 amide bonds. The Kier molecular flexibility index (Phi) is 12.4. The third-order valence-corrected chi connectivity index (χ3v) is 11.8. The Balaban J connectivity index is 0.993. The number of amides is 2. The molecule has 0 spiro atoms. The van der Waals surface area contributed by atoms with Crippen molar-refractivity contribution in [3.8, 4) is 34.4 Å². The maximum Gasteiger partial charge on any atom is 0.326 e. The van der Waals surface area contributed by atoms with Crippen molar-refractivity contribution in [1.29, 1.82) is 5.26 Å². The number of nitriles is 1. The van der Waals surface area contributed by atoms with Crippen molar-refractivity contribution in [3.05, 3.63) is 176 Å². The molecular weight excluding hydrogens is 827 g/mol. The van der Waals surface area contributed by atoms with Gasteiger partial charge in [0.2, 0.25) is 12.0 Å². The summed E-state index contributed by atoms with van der Waals surface area (Å²) in [5.41, 5.74) is 7.71. The zero-order valence-corrected chi connectivity index (χ0v) is 35.0. The molecule has 0 saturated carbocycles. The number of carbonyl (C=O) groups is 3. The van der Waals surface area contributed by atoms with Gasteiger partial charge in [0.25, 0.3) is 5.91 Å². The van der Waals surface area contributed by atoms with Crippen molar-refractivity contribution in [1.82, 2.24) is 10.2 Å². The second kappa shape index (κ2) is 18.4. The number of methoxy groups -OCH3 is 1. The van der Waals surface area contributed by atoms with Gasteiger partial charge in [-0.2, -0.15) is 5.26 Å². The lowest BCUT2D eigenvalue weighted by Crippen LogP contribution is -2.54. The zero-order chi connectivity index (χ0) is 43.3. The number of aliphatic carboxylic acids is 1. The van der Waals surface area contributed by atoms with E-state index < -0.39 is 30.1 Å². The van der Waals surface area contributed by atoms with Crippen LogP contribution in [0.15, 0.2) is 127 Å². The summed E-state index contributed by atoms with van der Waals surface area (Å²) in [4.78, 5) is 42.4. The predicted octanol–water partition coefficient (Wildman–Crippen LogP) is 8.93. The van der Waals surface area contributed by atoms with Crippen molar-refractivity contribution in [2.75, 3.05) is 12.4 Å². The summed E-state index contributed by atoms with van der Waals surface area (Å²) in [6.07, 6.45) is -0.605. The number of benzene rings is 6. The molecule has 0 fully saturated rings. The molecule has 2 aliphatic heterocycles. The summed E-state index contributed by atoms with van der Waals surface area (Å²) in [6, 6.07) is 38.6. The number of para-hydroxylation sites is 1. The second-order valence-corrected chi connectivity index (χ2v) is 16.0. The fraction of sp³-hybridized carbons (Fsp3) is 0.184. The van der Waals surface area contributed by atoms with Gasteiger partial charge in [-0.3, -0.25) is 14.5 Å². The monoisotopic (exact) mass is 866 g/mol. The molecule has 8 rings (SSSR count). The van der Waals surface area contributed by atoms with E-state index in [2.05, 4.69) is 16.7 Å². The Morgan fingerprint density at radius 2 is 1.61 bits per heavy atom. The molecule has 2 aliphatic rings. The molecule has 6 aromatic rings. The van der Waals surface area contributed by atoms with Gasteiger partial charge < -0.3 is 30.0 Å². The number of carboxylic acid groups (broad SMARTS) is 1. The number of anilines is 1. The molecule has 0 aliphatic carbocycles. The molecule has 11 nitrogen and oxygen atoms in total. The van der Waals surface area contributed by atoms with E-state index in [1.807, 2.05) is 83.8 Å². The lowest BCUT2D eigenvalue weighted by molar-refractivity contribution is -0.142. The fourth-order valence-electron chi connectivity index (χ4n) is 7.75. The van der Waals surface area contributed by atoms with Gasteiger partial charge in [0.15, 0.2) is 0 Å². The highest BCUT2D eigenvalue weighted by molar-refractivity contribution is 6.42. The number of nitrogens with one attached hydrogen (secondary N) is 2. The minimum absolute atomic E-state index is 0.0665. The van der Waals surface area contributed by atoms with Gasteiger partial charge in [-0.25, -0.2) is 4.79 Å². The first-order valence-electron chi connectivity index (χ1n) is 19.8. The van der Waals surface area contributed by atoms with Crippen LogP contribution in [0.25, 0.3) is 11.1 Å². The Bertz CT molecular complexity index is 2680. The number of nitrogens with zero attached hydrogens (tertiary/aromatic N) is 2. The van der Waals surface area contributed by atoms with Crippen LogP contribution in [0.3, 0.4) is 0 Å². The van der Waals surface area contributed by atoms with Crippen molar-refractivity contribution in [2.45, 2.75) is 50.7 Å². The minimum atomic E-state index is -1.20. The smallest absolute Gasteiger partial charge is 0.326 e. The van der Waals surface area contributed by atoms with Crippen molar-refractivity contribution in [3.63, 3.8) is 0 Å². The van der Waals surface area contributed by atoms with Gasteiger partial charge in [0.1, 0.15) is 29.9 Å².